The molecule has 1 amide bonds. The Kier molecular flexibility index (Phi) is 4.58. The molecule has 1 heterocycles. The zero-order valence-corrected chi connectivity index (χ0v) is 16.7. The highest BCUT2D eigenvalue weighted by atomic mass is 16.5. The van der Waals surface area contributed by atoms with Crippen molar-refractivity contribution in [2.24, 2.45) is 5.41 Å². The average Bonchev–Trinajstić information content (AvgIpc) is 3.03. The van der Waals surface area contributed by atoms with E-state index >= 15 is 0 Å². The van der Waals surface area contributed by atoms with E-state index in [9.17, 15) is 4.79 Å². The molecular formula is C24H26N2O2. The molecule has 4 nitrogen and oxygen atoms in total. The van der Waals surface area contributed by atoms with Gasteiger partial charge >= 0.3 is 0 Å². The molecule has 2 aromatic carbocycles. The Labute approximate surface area is 166 Å². The number of rotatable bonds is 6. The second-order valence-electron chi connectivity index (χ2n) is 8.51. The van der Waals surface area contributed by atoms with E-state index in [1.807, 2.05) is 43.4 Å². The molecule has 1 aromatic heterocycles. The van der Waals surface area contributed by atoms with Crippen LogP contribution >= 0.6 is 0 Å². The van der Waals surface area contributed by atoms with E-state index in [0.29, 0.717) is 18.7 Å². The topological polar surface area (TPSA) is 46.3 Å². The van der Waals surface area contributed by atoms with Gasteiger partial charge in [-0.05, 0) is 23.0 Å². The zero-order chi connectivity index (χ0) is 19.8. The fraction of sp³-hybridized carbons (Fsp3) is 0.333. The van der Waals surface area contributed by atoms with Gasteiger partial charge in [-0.2, -0.15) is 0 Å². The largest absolute Gasteiger partial charge is 0.351 e. The van der Waals surface area contributed by atoms with Crippen LogP contribution in [-0.2, 0) is 11.8 Å². The molecule has 0 bridgehead atoms. The molecular weight excluding hydrogens is 348 g/mol. The highest BCUT2D eigenvalue weighted by Gasteiger charge is 2.62. The summed E-state index contributed by atoms with van der Waals surface area (Å²) in [7, 11) is 1.85. The molecule has 4 heteroatoms. The van der Waals surface area contributed by atoms with Crippen LogP contribution in [0, 0.1) is 5.41 Å². The summed E-state index contributed by atoms with van der Waals surface area (Å²) in [5.74, 6) is 0.180. The molecule has 4 rings (SSSR count). The van der Waals surface area contributed by atoms with Crippen LogP contribution in [0.3, 0.4) is 0 Å². The van der Waals surface area contributed by atoms with Crippen molar-refractivity contribution in [1.82, 2.24) is 10.1 Å². The van der Waals surface area contributed by atoms with Crippen LogP contribution in [0.15, 0.2) is 71.3 Å². The van der Waals surface area contributed by atoms with Gasteiger partial charge in [-0.1, -0.05) is 79.7 Å². The minimum absolute atomic E-state index is 0.00837. The first-order valence-corrected chi connectivity index (χ1v) is 9.72. The first-order valence-electron chi connectivity index (χ1n) is 9.72. The van der Waals surface area contributed by atoms with Crippen molar-refractivity contribution in [2.75, 3.05) is 13.6 Å². The number of amides is 1. The van der Waals surface area contributed by atoms with E-state index in [4.69, 9.17) is 4.52 Å². The van der Waals surface area contributed by atoms with Crippen molar-refractivity contribution >= 4 is 5.91 Å². The Balaban J connectivity index is 1.48. The Bertz CT molecular complexity index is 963. The van der Waals surface area contributed by atoms with Crippen LogP contribution in [0.5, 0.6) is 0 Å². The lowest BCUT2D eigenvalue weighted by Crippen LogP contribution is -2.36. The molecule has 0 aliphatic heterocycles. The minimum Gasteiger partial charge on any atom is -0.351 e. The summed E-state index contributed by atoms with van der Waals surface area (Å²) in [5, 5.41) is 4.09. The Morgan fingerprint density at radius 1 is 1.07 bits per heavy atom. The van der Waals surface area contributed by atoms with Crippen molar-refractivity contribution < 1.29 is 9.32 Å². The summed E-state index contributed by atoms with van der Waals surface area (Å²) < 4.78 is 5.37. The molecule has 1 atom stereocenters. The van der Waals surface area contributed by atoms with Crippen LogP contribution < -0.4 is 0 Å². The molecule has 0 unspecified atom stereocenters. The smallest absolute Gasteiger partial charge is 0.292 e. The second kappa shape index (κ2) is 6.93. The van der Waals surface area contributed by atoms with Crippen LogP contribution in [0.1, 0.15) is 47.6 Å². The quantitative estimate of drug-likeness (QED) is 0.628. The predicted molar refractivity (Wildman–Crippen MR) is 109 cm³/mol. The summed E-state index contributed by atoms with van der Waals surface area (Å²) >= 11 is 0. The normalized spacial score (nSPS) is 20.0. The maximum absolute atomic E-state index is 13.0. The number of hydrogen-bond acceptors (Lipinski definition) is 3. The summed E-state index contributed by atoms with van der Waals surface area (Å²) in [6, 6.07) is 22.3. The van der Waals surface area contributed by atoms with E-state index in [1.54, 1.807) is 11.0 Å². The van der Waals surface area contributed by atoms with Gasteiger partial charge in [0.05, 0.1) is 5.69 Å². The maximum Gasteiger partial charge on any atom is 0.292 e. The van der Waals surface area contributed by atoms with Gasteiger partial charge in [0, 0.05) is 31.5 Å². The third kappa shape index (κ3) is 3.35. The van der Waals surface area contributed by atoms with Crippen LogP contribution in [0.2, 0.25) is 0 Å². The molecule has 3 aromatic rings. The van der Waals surface area contributed by atoms with Gasteiger partial charge < -0.3 is 9.42 Å². The van der Waals surface area contributed by atoms with E-state index in [2.05, 4.69) is 43.3 Å². The number of nitrogens with zero attached hydrogens (tertiary/aromatic N) is 2. The molecule has 0 N–H and O–H groups in total. The Morgan fingerprint density at radius 3 is 2.29 bits per heavy atom. The molecule has 1 aliphatic carbocycles. The predicted octanol–water partition coefficient (Wildman–Crippen LogP) is 4.71. The van der Waals surface area contributed by atoms with Crippen molar-refractivity contribution in [3.05, 3.63) is 89.3 Å². The van der Waals surface area contributed by atoms with Gasteiger partial charge in [-0.3, -0.25) is 4.79 Å². The third-order valence-corrected chi connectivity index (χ3v) is 6.09. The number of aromatic nitrogens is 1. The average molecular weight is 374 g/mol. The van der Waals surface area contributed by atoms with Gasteiger partial charge in [0.25, 0.3) is 5.91 Å². The van der Waals surface area contributed by atoms with E-state index in [0.717, 1.165) is 17.7 Å². The molecule has 0 saturated heterocycles. The number of benzene rings is 2. The van der Waals surface area contributed by atoms with Gasteiger partial charge in [0.15, 0.2) is 0 Å². The van der Waals surface area contributed by atoms with Gasteiger partial charge in [-0.15, -0.1) is 0 Å². The summed E-state index contributed by atoms with van der Waals surface area (Å²) in [5.41, 5.74) is 3.37. The molecule has 144 valence electrons. The van der Waals surface area contributed by atoms with E-state index < -0.39 is 0 Å². The molecule has 0 spiro atoms. The number of carbonyl (C=O) groups is 1. The lowest BCUT2D eigenvalue weighted by Gasteiger charge is -2.27. The van der Waals surface area contributed by atoms with Crippen molar-refractivity contribution in [1.29, 1.82) is 0 Å². The van der Waals surface area contributed by atoms with Crippen molar-refractivity contribution in [3.8, 4) is 0 Å². The highest BCUT2D eigenvalue weighted by molar-refractivity contribution is 5.91. The summed E-state index contributed by atoms with van der Waals surface area (Å²) in [6.45, 7) is 5.20. The van der Waals surface area contributed by atoms with E-state index in [1.165, 1.54) is 5.56 Å². The molecule has 1 saturated carbocycles. The Hall–Kier alpha value is -2.88. The van der Waals surface area contributed by atoms with Crippen molar-refractivity contribution in [3.63, 3.8) is 0 Å². The van der Waals surface area contributed by atoms with Crippen LogP contribution in [0.4, 0.5) is 0 Å². The molecule has 1 fully saturated rings. The van der Waals surface area contributed by atoms with Crippen LogP contribution in [-0.4, -0.2) is 29.6 Å². The van der Waals surface area contributed by atoms with E-state index in [-0.39, 0.29) is 16.7 Å². The van der Waals surface area contributed by atoms with Crippen LogP contribution in [0.25, 0.3) is 0 Å². The van der Waals surface area contributed by atoms with Crippen molar-refractivity contribution in [2.45, 2.75) is 32.1 Å². The standard InChI is InChI=1S/C24H26N2O2/c1-23(2)16-24(23,19-12-8-5-9-13-19)17-26(3)22(27)21-15-20(25-28-21)14-18-10-6-4-7-11-18/h4-13,15H,14,16-17H2,1-3H3/t24-/m0/s1. The fourth-order valence-corrected chi connectivity index (χ4v) is 4.29. The fourth-order valence-electron chi connectivity index (χ4n) is 4.29. The first kappa shape index (κ1) is 18.5. The summed E-state index contributed by atoms with van der Waals surface area (Å²) in [4.78, 5) is 14.7. The summed E-state index contributed by atoms with van der Waals surface area (Å²) in [6.07, 6.45) is 1.72. The SMILES string of the molecule is CN(C[C@]1(c2ccccc2)CC1(C)C)C(=O)c1cc(Cc2ccccc2)no1. The molecule has 28 heavy (non-hydrogen) atoms. The van der Waals surface area contributed by atoms with Gasteiger partial charge in [-0.25, -0.2) is 0 Å². The third-order valence-electron chi connectivity index (χ3n) is 6.09. The van der Waals surface area contributed by atoms with Gasteiger partial charge in [0.1, 0.15) is 0 Å². The highest BCUT2D eigenvalue weighted by Crippen LogP contribution is 2.64. The van der Waals surface area contributed by atoms with Gasteiger partial charge in [0.2, 0.25) is 5.76 Å². The Morgan fingerprint density at radius 2 is 1.68 bits per heavy atom. The molecule has 1 aliphatic rings. The number of hydrogen-bond donors (Lipinski definition) is 0. The zero-order valence-electron chi connectivity index (χ0n) is 16.7. The number of likely N-dealkylation sites (N-methyl/N-ethyl adjacent to an activating group) is 1. The lowest BCUT2D eigenvalue weighted by atomic mass is 9.87. The first-order chi connectivity index (χ1) is 13.4. The minimum atomic E-state index is -0.121. The molecule has 0 radical (unpaired) electrons. The lowest BCUT2D eigenvalue weighted by molar-refractivity contribution is 0.0733. The second-order valence-corrected chi connectivity index (χ2v) is 8.51. The maximum atomic E-state index is 13.0. The monoisotopic (exact) mass is 374 g/mol. The number of carbonyl (C=O) groups excluding carboxylic acids is 1.